The minimum absolute atomic E-state index is 0.0584. The predicted octanol–water partition coefficient (Wildman–Crippen LogP) is 1.09. The van der Waals surface area contributed by atoms with Crippen molar-refractivity contribution in [2.45, 2.75) is 26.3 Å². The maximum atomic E-state index is 11.9. The molecule has 100 valence electrons. The van der Waals surface area contributed by atoms with E-state index in [1.165, 1.54) is 11.3 Å². The number of rotatable bonds is 4. The molecule has 0 saturated carbocycles. The van der Waals surface area contributed by atoms with Crippen LogP contribution in [0.5, 0.6) is 0 Å². The second kappa shape index (κ2) is 5.77. The van der Waals surface area contributed by atoms with Crippen LogP contribution in [-0.4, -0.2) is 46.6 Å². The zero-order valence-corrected chi connectivity index (χ0v) is 11.5. The van der Waals surface area contributed by atoms with E-state index in [1.807, 2.05) is 17.2 Å². The summed E-state index contributed by atoms with van der Waals surface area (Å²) in [7, 11) is 0. The van der Waals surface area contributed by atoms with Crippen LogP contribution in [0, 0.1) is 12.8 Å². The Bertz CT molecular complexity index is 421. The van der Waals surface area contributed by atoms with E-state index in [0.717, 1.165) is 18.7 Å². The summed E-state index contributed by atoms with van der Waals surface area (Å²) in [4.78, 5) is 18.1. The number of aromatic nitrogens is 1. The first-order valence-corrected chi connectivity index (χ1v) is 7.05. The summed E-state index contributed by atoms with van der Waals surface area (Å²) in [5, 5.41) is 14.7. The Morgan fingerprint density at radius 2 is 2.50 bits per heavy atom. The molecular formula is C12H19N3O2S. The van der Waals surface area contributed by atoms with E-state index in [0.29, 0.717) is 17.6 Å². The fourth-order valence-corrected chi connectivity index (χ4v) is 3.04. The van der Waals surface area contributed by atoms with E-state index >= 15 is 0 Å². The summed E-state index contributed by atoms with van der Waals surface area (Å²) in [6.45, 7) is 5.33. The fourth-order valence-electron chi connectivity index (χ4n) is 2.33. The Balaban J connectivity index is 1.87. The van der Waals surface area contributed by atoms with Crippen LogP contribution < -0.4 is 5.32 Å². The fraction of sp³-hybridized carbons (Fsp3) is 0.667. The molecule has 2 heterocycles. The number of nitrogens with one attached hydrogen (secondary N) is 1. The van der Waals surface area contributed by atoms with E-state index in [-0.39, 0.29) is 18.6 Å². The normalized spacial score (nSPS) is 24.4. The summed E-state index contributed by atoms with van der Waals surface area (Å²) in [5.74, 6) is 0.391. The first kappa shape index (κ1) is 13.5. The monoisotopic (exact) mass is 269 g/mol. The second-order valence-corrected chi connectivity index (χ2v) is 5.69. The minimum atomic E-state index is -0.0584. The van der Waals surface area contributed by atoms with Crippen molar-refractivity contribution >= 4 is 22.4 Å². The molecule has 0 radical (unpaired) electrons. The van der Waals surface area contributed by atoms with Crippen molar-refractivity contribution in [1.29, 1.82) is 0 Å². The highest BCUT2D eigenvalue weighted by atomic mass is 32.1. The standard InChI is InChI=1S/C12H19N3O2S/c1-8-3-4-15(10(8)6-16)5-11(17)14-12-13-9(2)7-18-12/h7-8,10,16H,3-6H2,1-2H3,(H,13,14,17). The molecule has 1 aromatic heterocycles. The van der Waals surface area contributed by atoms with Crippen LogP contribution in [-0.2, 0) is 4.79 Å². The predicted molar refractivity (Wildman–Crippen MR) is 71.7 cm³/mol. The van der Waals surface area contributed by atoms with Gasteiger partial charge >= 0.3 is 0 Å². The Labute approximate surface area is 111 Å². The molecule has 0 aromatic carbocycles. The second-order valence-electron chi connectivity index (χ2n) is 4.83. The van der Waals surface area contributed by atoms with Gasteiger partial charge in [-0.15, -0.1) is 11.3 Å². The summed E-state index contributed by atoms with van der Waals surface area (Å²) in [6.07, 6.45) is 1.04. The number of aliphatic hydroxyl groups excluding tert-OH is 1. The summed E-state index contributed by atoms with van der Waals surface area (Å²) in [5.41, 5.74) is 0.915. The van der Waals surface area contributed by atoms with Crippen molar-refractivity contribution in [2.75, 3.05) is 25.0 Å². The van der Waals surface area contributed by atoms with Gasteiger partial charge in [-0.3, -0.25) is 9.69 Å². The first-order chi connectivity index (χ1) is 8.60. The number of aryl methyl sites for hydroxylation is 1. The summed E-state index contributed by atoms with van der Waals surface area (Å²) >= 11 is 1.43. The average molecular weight is 269 g/mol. The molecule has 0 bridgehead atoms. The van der Waals surface area contributed by atoms with Crippen molar-refractivity contribution in [3.05, 3.63) is 11.1 Å². The number of amides is 1. The lowest BCUT2D eigenvalue weighted by atomic mass is 10.0. The number of carbonyl (C=O) groups excluding carboxylic acids is 1. The first-order valence-electron chi connectivity index (χ1n) is 6.17. The largest absolute Gasteiger partial charge is 0.395 e. The molecule has 1 amide bonds. The molecule has 18 heavy (non-hydrogen) atoms. The van der Waals surface area contributed by atoms with Crippen LogP contribution in [0.2, 0.25) is 0 Å². The van der Waals surface area contributed by atoms with Gasteiger partial charge in [0.2, 0.25) is 5.91 Å². The van der Waals surface area contributed by atoms with Gasteiger partial charge in [-0.05, 0) is 25.8 Å². The Kier molecular flexibility index (Phi) is 4.31. The number of thiazole rings is 1. The molecular weight excluding hydrogens is 250 g/mol. The third-order valence-corrected chi connectivity index (χ3v) is 4.27. The highest BCUT2D eigenvalue weighted by Gasteiger charge is 2.31. The zero-order valence-electron chi connectivity index (χ0n) is 10.7. The van der Waals surface area contributed by atoms with Crippen LogP contribution >= 0.6 is 11.3 Å². The molecule has 2 atom stereocenters. The van der Waals surface area contributed by atoms with Gasteiger partial charge in [0, 0.05) is 11.4 Å². The lowest BCUT2D eigenvalue weighted by Crippen LogP contribution is -2.40. The molecule has 1 aliphatic heterocycles. The molecule has 2 N–H and O–H groups in total. The number of hydrogen-bond donors (Lipinski definition) is 2. The third kappa shape index (κ3) is 3.07. The van der Waals surface area contributed by atoms with Gasteiger partial charge in [0.05, 0.1) is 18.8 Å². The molecule has 2 rings (SSSR count). The topological polar surface area (TPSA) is 65.5 Å². The van der Waals surface area contributed by atoms with Crippen molar-refractivity contribution in [3.63, 3.8) is 0 Å². The molecule has 1 saturated heterocycles. The lowest BCUT2D eigenvalue weighted by Gasteiger charge is -2.23. The molecule has 0 aliphatic carbocycles. The van der Waals surface area contributed by atoms with Gasteiger partial charge in [-0.2, -0.15) is 0 Å². The maximum absolute atomic E-state index is 11.9. The van der Waals surface area contributed by atoms with Gasteiger partial charge in [0.15, 0.2) is 5.13 Å². The average Bonchev–Trinajstić information content (AvgIpc) is 2.86. The van der Waals surface area contributed by atoms with Crippen LogP contribution in [0.1, 0.15) is 19.0 Å². The lowest BCUT2D eigenvalue weighted by molar-refractivity contribution is -0.117. The van der Waals surface area contributed by atoms with Gasteiger partial charge in [0.25, 0.3) is 0 Å². The van der Waals surface area contributed by atoms with E-state index < -0.39 is 0 Å². The quantitative estimate of drug-likeness (QED) is 0.859. The number of anilines is 1. The van der Waals surface area contributed by atoms with Crippen LogP contribution in [0.4, 0.5) is 5.13 Å². The SMILES string of the molecule is Cc1csc(NC(=O)CN2CCC(C)C2CO)n1. The van der Waals surface area contributed by atoms with Gasteiger partial charge in [-0.1, -0.05) is 6.92 Å². The number of likely N-dealkylation sites (tertiary alicyclic amines) is 1. The Hall–Kier alpha value is -0.980. The van der Waals surface area contributed by atoms with Crippen LogP contribution in [0.3, 0.4) is 0 Å². The number of hydrogen-bond acceptors (Lipinski definition) is 5. The van der Waals surface area contributed by atoms with Gasteiger partial charge in [-0.25, -0.2) is 4.98 Å². The Morgan fingerprint density at radius 3 is 3.11 bits per heavy atom. The molecule has 1 aliphatic rings. The number of nitrogens with zero attached hydrogens (tertiary/aromatic N) is 2. The van der Waals surface area contributed by atoms with E-state index in [4.69, 9.17) is 0 Å². The highest BCUT2D eigenvalue weighted by molar-refractivity contribution is 7.13. The third-order valence-electron chi connectivity index (χ3n) is 3.40. The van der Waals surface area contributed by atoms with Gasteiger partial charge in [0.1, 0.15) is 0 Å². The van der Waals surface area contributed by atoms with E-state index in [1.54, 1.807) is 0 Å². The zero-order chi connectivity index (χ0) is 13.1. The van der Waals surface area contributed by atoms with E-state index in [9.17, 15) is 9.90 Å². The molecule has 1 aromatic rings. The molecule has 1 fully saturated rings. The van der Waals surface area contributed by atoms with Crippen LogP contribution in [0.15, 0.2) is 5.38 Å². The highest BCUT2D eigenvalue weighted by Crippen LogP contribution is 2.23. The van der Waals surface area contributed by atoms with Gasteiger partial charge < -0.3 is 10.4 Å². The molecule has 2 unspecified atom stereocenters. The van der Waals surface area contributed by atoms with Crippen LogP contribution in [0.25, 0.3) is 0 Å². The van der Waals surface area contributed by atoms with Crippen molar-refractivity contribution < 1.29 is 9.90 Å². The number of aliphatic hydroxyl groups is 1. The van der Waals surface area contributed by atoms with E-state index in [2.05, 4.69) is 17.2 Å². The minimum Gasteiger partial charge on any atom is -0.395 e. The maximum Gasteiger partial charge on any atom is 0.240 e. The molecule has 5 nitrogen and oxygen atoms in total. The van der Waals surface area contributed by atoms with Crippen molar-refractivity contribution in [3.8, 4) is 0 Å². The Morgan fingerprint density at radius 1 is 1.72 bits per heavy atom. The summed E-state index contributed by atoms with van der Waals surface area (Å²) < 4.78 is 0. The number of carbonyl (C=O) groups is 1. The van der Waals surface area contributed by atoms with Crippen molar-refractivity contribution in [1.82, 2.24) is 9.88 Å². The smallest absolute Gasteiger partial charge is 0.240 e. The summed E-state index contributed by atoms with van der Waals surface area (Å²) in [6, 6.07) is 0.105. The molecule has 0 spiro atoms. The molecule has 6 heteroatoms. The van der Waals surface area contributed by atoms with Crippen molar-refractivity contribution in [2.24, 2.45) is 5.92 Å².